The van der Waals surface area contributed by atoms with E-state index in [4.69, 9.17) is 0 Å². The van der Waals surface area contributed by atoms with E-state index in [1.54, 1.807) is 0 Å². The van der Waals surface area contributed by atoms with Crippen molar-refractivity contribution < 1.29 is 9.59 Å². The molecule has 1 aliphatic heterocycles. The van der Waals surface area contributed by atoms with Crippen molar-refractivity contribution >= 4 is 23.2 Å². The maximum atomic E-state index is 12.7. The van der Waals surface area contributed by atoms with Gasteiger partial charge in [-0.3, -0.25) is 9.59 Å². The zero-order chi connectivity index (χ0) is 15.7. The van der Waals surface area contributed by atoms with E-state index < -0.39 is 6.04 Å². The number of anilines is 2. The van der Waals surface area contributed by atoms with Crippen molar-refractivity contribution in [3.8, 4) is 0 Å². The van der Waals surface area contributed by atoms with Crippen molar-refractivity contribution in [3.63, 3.8) is 0 Å². The van der Waals surface area contributed by atoms with Crippen LogP contribution in [0.2, 0.25) is 0 Å². The Kier molecular flexibility index (Phi) is 3.67. The Labute approximate surface area is 130 Å². The quantitative estimate of drug-likeness (QED) is 0.817. The van der Waals surface area contributed by atoms with Gasteiger partial charge in [-0.2, -0.15) is 0 Å². The van der Waals surface area contributed by atoms with Crippen LogP contribution in [0.15, 0.2) is 54.6 Å². The Hall–Kier alpha value is -2.62. The molecule has 1 aliphatic rings. The summed E-state index contributed by atoms with van der Waals surface area (Å²) in [6.45, 7) is 1.98. The molecule has 0 bridgehead atoms. The molecule has 22 heavy (non-hydrogen) atoms. The molecule has 1 fully saturated rings. The van der Waals surface area contributed by atoms with Crippen LogP contribution in [0.25, 0.3) is 0 Å². The molecule has 4 nitrogen and oxygen atoms in total. The van der Waals surface area contributed by atoms with Crippen LogP contribution in [-0.2, 0) is 9.59 Å². The highest BCUT2D eigenvalue weighted by atomic mass is 16.2. The number of amides is 2. The van der Waals surface area contributed by atoms with Crippen LogP contribution >= 0.6 is 0 Å². The number of likely N-dealkylation sites (N-methyl/N-ethyl adjacent to an activating group) is 1. The van der Waals surface area contributed by atoms with Gasteiger partial charge in [-0.05, 0) is 31.2 Å². The van der Waals surface area contributed by atoms with Gasteiger partial charge < -0.3 is 4.90 Å². The lowest BCUT2D eigenvalue weighted by Gasteiger charge is -2.25. The molecular formula is C18H18N2O2. The highest BCUT2D eigenvalue weighted by Crippen LogP contribution is 2.27. The lowest BCUT2D eigenvalue weighted by molar-refractivity contribution is -0.121. The second-order valence-electron chi connectivity index (χ2n) is 5.57. The summed E-state index contributed by atoms with van der Waals surface area (Å²) in [6.07, 6.45) is 0.206. The summed E-state index contributed by atoms with van der Waals surface area (Å²) in [5.41, 5.74) is 2.67. The molecule has 112 valence electrons. The molecule has 1 atom stereocenters. The first-order valence-corrected chi connectivity index (χ1v) is 7.29. The van der Waals surface area contributed by atoms with Crippen LogP contribution in [0.5, 0.6) is 0 Å². The maximum absolute atomic E-state index is 12.7. The minimum Gasteiger partial charge on any atom is -0.362 e. The molecule has 0 aromatic heterocycles. The molecule has 0 N–H and O–H groups in total. The standard InChI is InChI=1S/C18H18N2O2/c1-13-8-10-15(11-9-13)20-17(21)12-16(18(20)22)19(2)14-6-4-3-5-7-14/h3-11,16H,12H2,1-2H3. The van der Waals surface area contributed by atoms with Gasteiger partial charge in [0.15, 0.2) is 0 Å². The number of para-hydroxylation sites is 1. The molecule has 2 amide bonds. The Morgan fingerprint density at radius 1 is 1.00 bits per heavy atom. The molecule has 0 radical (unpaired) electrons. The predicted molar refractivity (Wildman–Crippen MR) is 86.9 cm³/mol. The van der Waals surface area contributed by atoms with Gasteiger partial charge in [0.1, 0.15) is 6.04 Å². The first-order valence-electron chi connectivity index (χ1n) is 7.29. The number of nitrogens with zero attached hydrogens (tertiary/aromatic N) is 2. The van der Waals surface area contributed by atoms with E-state index in [0.29, 0.717) is 5.69 Å². The van der Waals surface area contributed by atoms with E-state index in [-0.39, 0.29) is 18.2 Å². The SMILES string of the molecule is Cc1ccc(N2C(=O)CC(N(C)c3ccccc3)C2=O)cc1. The summed E-state index contributed by atoms with van der Waals surface area (Å²) in [7, 11) is 1.85. The first-order chi connectivity index (χ1) is 10.6. The Morgan fingerprint density at radius 2 is 1.64 bits per heavy atom. The molecular weight excluding hydrogens is 276 g/mol. The number of carbonyl (C=O) groups excluding carboxylic acids is 2. The van der Waals surface area contributed by atoms with Crippen molar-refractivity contribution in [1.82, 2.24) is 0 Å². The van der Waals surface area contributed by atoms with Crippen LogP contribution in [-0.4, -0.2) is 24.9 Å². The molecule has 2 aromatic carbocycles. The average Bonchev–Trinajstić information content (AvgIpc) is 2.83. The van der Waals surface area contributed by atoms with Crippen molar-refractivity contribution in [2.75, 3.05) is 16.8 Å². The van der Waals surface area contributed by atoms with Crippen molar-refractivity contribution in [1.29, 1.82) is 0 Å². The van der Waals surface area contributed by atoms with E-state index >= 15 is 0 Å². The smallest absolute Gasteiger partial charge is 0.256 e. The predicted octanol–water partition coefficient (Wildman–Crippen LogP) is 2.76. The van der Waals surface area contributed by atoms with E-state index in [9.17, 15) is 9.59 Å². The van der Waals surface area contributed by atoms with Gasteiger partial charge in [-0.15, -0.1) is 0 Å². The van der Waals surface area contributed by atoms with Gasteiger partial charge in [0.05, 0.1) is 12.1 Å². The van der Waals surface area contributed by atoms with Gasteiger partial charge in [-0.25, -0.2) is 4.90 Å². The van der Waals surface area contributed by atoms with Crippen LogP contribution < -0.4 is 9.80 Å². The fourth-order valence-electron chi connectivity index (χ4n) is 2.73. The molecule has 0 aliphatic carbocycles. The van der Waals surface area contributed by atoms with Gasteiger partial charge >= 0.3 is 0 Å². The zero-order valence-electron chi connectivity index (χ0n) is 12.7. The summed E-state index contributed by atoms with van der Waals surface area (Å²) in [5, 5.41) is 0. The lowest BCUT2D eigenvalue weighted by atomic mass is 10.2. The average molecular weight is 294 g/mol. The molecule has 2 aromatic rings. The largest absolute Gasteiger partial charge is 0.362 e. The lowest BCUT2D eigenvalue weighted by Crippen LogP contribution is -2.40. The van der Waals surface area contributed by atoms with Crippen LogP contribution in [0, 0.1) is 6.92 Å². The minimum absolute atomic E-state index is 0.151. The molecule has 0 saturated carbocycles. The number of rotatable bonds is 3. The maximum Gasteiger partial charge on any atom is 0.256 e. The normalized spacial score (nSPS) is 17.9. The Morgan fingerprint density at radius 3 is 2.27 bits per heavy atom. The molecule has 4 heteroatoms. The van der Waals surface area contributed by atoms with Crippen molar-refractivity contribution in [2.24, 2.45) is 0 Å². The topological polar surface area (TPSA) is 40.6 Å². The molecule has 0 spiro atoms. The zero-order valence-corrected chi connectivity index (χ0v) is 12.7. The Balaban J connectivity index is 1.87. The number of imide groups is 1. The van der Waals surface area contributed by atoms with Crippen molar-refractivity contribution in [2.45, 2.75) is 19.4 Å². The third-order valence-corrected chi connectivity index (χ3v) is 4.05. The van der Waals surface area contributed by atoms with E-state index in [2.05, 4.69) is 0 Å². The second-order valence-corrected chi connectivity index (χ2v) is 5.57. The molecule has 1 saturated heterocycles. The number of hydrogen-bond donors (Lipinski definition) is 0. The van der Waals surface area contributed by atoms with E-state index in [1.807, 2.05) is 73.5 Å². The molecule has 1 unspecified atom stereocenters. The van der Waals surface area contributed by atoms with E-state index in [0.717, 1.165) is 11.3 Å². The van der Waals surface area contributed by atoms with Gasteiger partial charge in [0.25, 0.3) is 5.91 Å². The second kappa shape index (κ2) is 5.64. The number of benzene rings is 2. The van der Waals surface area contributed by atoms with E-state index in [1.165, 1.54) is 4.90 Å². The summed E-state index contributed by atoms with van der Waals surface area (Å²) in [5.74, 6) is -0.318. The monoisotopic (exact) mass is 294 g/mol. The third kappa shape index (κ3) is 2.48. The van der Waals surface area contributed by atoms with Gasteiger partial charge in [0, 0.05) is 12.7 Å². The number of carbonyl (C=O) groups is 2. The molecule has 1 heterocycles. The van der Waals surface area contributed by atoms with Crippen LogP contribution in [0.1, 0.15) is 12.0 Å². The Bertz CT molecular complexity index is 695. The fraction of sp³-hybridized carbons (Fsp3) is 0.222. The molecule has 3 rings (SSSR count). The van der Waals surface area contributed by atoms with Crippen molar-refractivity contribution in [3.05, 3.63) is 60.2 Å². The number of hydrogen-bond acceptors (Lipinski definition) is 3. The third-order valence-electron chi connectivity index (χ3n) is 4.05. The van der Waals surface area contributed by atoms with Crippen LogP contribution in [0.3, 0.4) is 0 Å². The fourth-order valence-corrected chi connectivity index (χ4v) is 2.73. The van der Waals surface area contributed by atoms with Crippen LogP contribution in [0.4, 0.5) is 11.4 Å². The summed E-state index contributed by atoms with van der Waals surface area (Å²) < 4.78 is 0. The highest BCUT2D eigenvalue weighted by Gasteiger charge is 2.41. The first kappa shape index (κ1) is 14.3. The summed E-state index contributed by atoms with van der Waals surface area (Å²) in [6, 6.07) is 16.6. The summed E-state index contributed by atoms with van der Waals surface area (Å²) >= 11 is 0. The highest BCUT2D eigenvalue weighted by molar-refractivity contribution is 6.23. The summed E-state index contributed by atoms with van der Waals surface area (Å²) in [4.78, 5) is 28.1. The van der Waals surface area contributed by atoms with Gasteiger partial charge in [0.2, 0.25) is 5.91 Å². The minimum atomic E-state index is -0.448. The number of aryl methyl sites for hydroxylation is 1. The van der Waals surface area contributed by atoms with Gasteiger partial charge in [-0.1, -0.05) is 35.9 Å².